The molecule has 4 aliphatic carbocycles. The molecule has 1 N–H and O–H groups in total. The van der Waals surface area contributed by atoms with Gasteiger partial charge in [0.05, 0.1) is 17.2 Å². The maximum absolute atomic E-state index is 12.6. The third-order valence-electron chi connectivity index (χ3n) is 6.04. The highest BCUT2D eigenvalue weighted by atomic mass is 16.2. The molecule has 5 unspecified atom stereocenters. The predicted octanol–water partition coefficient (Wildman–Crippen LogP) is 2.79. The molecular formula is C18H19N3O. The first-order chi connectivity index (χ1) is 10.8. The zero-order chi connectivity index (χ0) is 14.7. The quantitative estimate of drug-likeness (QED) is 0.926. The van der Waals surface area contributed by atoms with Gasteiger partial charge in [0.15, 0.2) is 0 Å². The number of amides is 1. The number of nitrogens with zero attached hydrogens (tertiary/aromatic N) is 2. The molecule has 1 aromatic carbocycles. The first-order valence-electron chi connectivity index (χ1n) is 8.30. The molecule has 0 spiro atoms. The zero-order valence-corrected chi connectivity index (χ0v) is 12.4. The summed E-state index contributed by atoms with van der Waals surface area (Å²) in [6, 6.07) is 8.04. The Kier molecular flexibility index (Phi) is 2.58. The molecule has 0 radical (unpaired) electrons. The van der Waals surface area contributed by atoms with Gasteiger partial charge in [-0.2, -0.15) is 0 Å². The van der Waals surface area contributed by atoms with Gasteiger partial charge in [0.1, 0.15) is 5.69 Å². The molecule has 1 amide bonds. The van der Waals surface area contributed by atoms with Gasteiger partial charge in [-0.15, -0.1) is 0 Å². The average molecular weight is 293 g/mol. The number of hydrogen-bond donors (Lipinski definition) is 1. The standard InChI is InChI=1S/C18H19N3O/c22-18(16-9-19-14-3-1-2-4-15(14)20-16)21-17-12-6-10-5-11(8-12)13(17)7-10/h1-4,9-13,17H,5-8H2,(H,21,22). The molecule has 0 aliphatic heterocycles. The van der Waals surface area contributed by atoms with Crippen LogP contribution in [0.3, 0.4) is 0 Å². The van der Waals surface area contributed by atoms with Gasteiger partial charge in [-0.1, -0.05) is 12.1 Å². The summed E-state index contributed by atoms with van der Waals surface area (Å²) in [5, 5.41) is 3.28. The Morgan fingerprint density at radius 3 is 2.73 bits per heavy atom. The number of hydrogen-bond acceptors (Lipinski definition) is 3. The summed E-state index contributed by atoms with van der Waals surface area (Å²) >= 11 is 0. The third-order valence-corrected chi connectivity index (χ3v) is 6.04. The molecule has 5 atom stereocenters. The Bertz CT molecular complexity index is 755. The summed E-state index contributed by atoms with van der Waals surface area (Å²) in [6.07, 6.45) is 6.93. The van der Waals surface area contributed by atoms with Crippen molar-refractivity contribution < 1.29 is 4.79 Å². The Morgan fingerprint density at radius 1 is 1.05 bits per heavy atom. The molecule has 6 rings (SSSR count). The van der Waals surface area contributed by atoms with E-state index in [0.29, 0.717) is 23.6 Å². The number of aromatic nitrogens is 2. The normalized spacial score (nSPS) is 35.2. The third kappa shape index (κ3) is 1.79. The maximum atomic E-state index is 12.6. The van der Waals surface area contributed by atoms with E-state index in [9.17, 15) is 4.79 Å². The molecule has 2 aromatic rings. The second kappa shape index (κ2) is 4.51. The molecule has 4 nitrogen and oxygen atoms in total. The van der Waals surface area contributed by atoms with Crippen LogP contribution < -0.4 is 5.32 Å². The lowest BCUT2D eigenvalue weighted by molar-refractivity contribution is 0.0890. The summed E-state index contributed by atoms with van der Waals surface area (Å²) in [5.74, 6) is 3.14. The highest BCUT2D eigenvalue weighted by molar-refractivity contribution is 5.94. The van der Waals surface area contributed by atoms with Crippen molar-refractivity contribution in [2.45, 2.75) is 31.7 Å². The number of nitrogens with one attached hydrogen (secondary N) is 1. The minimum absolute atomic E-state index is 0.0562. The minimum atomic E-state index is -0.0562. The summed E-state index contributed by atoms with van der Waals surface area (Å²) in [7, 11) is 0. The Labute approximate surface area is 129 Å². The van der Waals surface area contributed by atoms with E-state index in [4.69, 9.17) is 0 Å². The summed E-state index contributed by atoms with van der Waals surface area (Å²) in [4.78, 5) is 21.4. The lowest BCUT2D eigenvalue weighted by Gasteiger charge is -2.32. The van der Waals surface area contributed by atoms with Gasteiger partial charge in [-0.25, -0.2) is 4.98 Å². The van der Waals surface area contributed by atoms with Crippen molar-refractivity contribution in [1.29, 1.82) is 0 Å². The number of carbonyl (C=O) groups excluding carboxylic acids is 1. The van der Waals surface area contributed by atoms with Gasteiger partial charge in [-0.3, -0.25) is 9.78 Å². The first kappa shape index (κ1) is 12.6. The molecule has 1 heterocycles. The Morgan fingerprint density at radius 2 is 1.86 bits per heavy atom. The van der Waals surface area contributed by atoms with Crippen molar-refractivity contribution in [3.05, 3.63) is 36.2 Å². The van der Waals surface area contributed by atoms with Crippen LogP contribution in [-0.4, -0.2) is 21.9 Å². The van der Waals surface area contributed by atoms with Crippen molar-refractivity contribution in [2.75, 3.05) is 0 Å². The number of benzene rings is 1. The summed E-state index contributed by atoms with van der Waals surface area (Å²) in [5.41, 5.74) is 2.05. The van der Waals surface area contributed by atoms with Crippen molar-refractivity contribution in [3.63, 3.8) is 0 Å². The van der Waals surface area contributed by atoms with Gasteiger partial charge < -0.3 is 5.32 Å². The molecule has 22 heavy (non-hydrogen) atoms. The average Bonchev–Trinajstić information content (AvgIpc) is 2.96. The van der Waals surface area contributed by atoms with E-state index in [2.05, 4.69) is 15.3 Å². The summed E-state index contributed by atoms with van der Waals surface area (Å²) < 4.78 is 0. The molecule has 0 saturated heterocycles. The van der Waals surface area contributed by atoms with Crippen LogP contribution in [-0.2, 0) is 0 Å². The van der Waals surface area contributed by atoms with E-state index < -0.39 is 0 Å². The van der Waals surface area contributed by atoms with Crippen molar-refractivity contribution in [3.8, 4) is 0 Å². The molecule has 4 fully saturated rings. The van der Waals surface area contributed by atoms with Crippen LogP contribution in [0.2, 0.25) is 0 Å². The molecule has 1 aromatic heterocycles. The van der Waals surface area contributed by atoms with Gasteiger partial charge in [0.2, 0.25) is 0 Å². The van der Waals surface area contributed by atoms with E-state index >= 15 is 0 Å². The van der Waals surface area contributed by atoms with Gasteiger partial charge in [0.25, 0.3) is 5.91 Å². The second-order valence-electron chi connectivity index (χ2n) is 7.24. The van der Waals surface area contributed by atoms with Crippen LogP contribution in [0, 0.1) is 23.7 Å². The summed E-state index contributed by atoms with van der Waals surface area (Å²) in [6.45, 7) is 0. The number of carbonyl (C=O) groups is 1. The number of rotatable bonds is 2. The fourth-order valence-electron chi connectivity index (χ4n) is 5.25. The van der Waals surface area contributed by atoms with E-state index in [1.54, 1.807) is 6.20 Å². The molecule has 4 saturated carbocycles. The SMILES string of the molecule is O=C(NC1C2CC3CC(C2)C1C3)c1cnc2ccccc2n1. The van der Waals surface area contributed by atoms with Crippen molar-refractivity contribution in [2.24, 2.45) is 23.7 Å². The Hall–Kier alpha value is -1.97. The van der Waals surface area contributed by atoms with Crippen LogP contribution in [0.1, 0.15) is 36.2 Å². The van der Waals surface area contributed by atoms with Crippen LogP contribution >= 0.6 is 0 Å². The van der Waals surface area contributed by atoms with Crippen molar-refractivity contribution >= 4 is 16.9 Å². The zero-order valence-electron chi connectivity index (χ0n) is 12.4. The molecule has 4 bridgehead atoms. The Balaban J connectivity index is 1.40. The number of fused-ring (bicyclic) bond motifs is 1. The topological polar surface area (TPSA) is 54.9 Å². The molecule has 112 valence electrons. The van der Waals surface area contributed by atoms with E-state index in [-0.39, 0.29) is 5.91 Å². The van der Waals surface area contributed by atoms with Gasteiger partial charge in [-0.05, 0) is 61.5 Å². The lowest BCUT2D eigenvalue weighted by Crippen LogP contribution is -2.44. The van der Waals surface area contributed by atoms with Crippen LogP contribution in [0.15, 0.2) is 30.5 Å². The monoisotopic (exact) mass is 293 g/mol. The fraction of sp³-hybridized carbons (Fsp3) is 0.500. The second-order valence-corrected chi connectivity index (χ2v) is 7.24. The van der Waals surface area contributed by atoms with Gasteiger partial charge >= 0.3 is 0 Å². The van der Waals surface area contributed by atoms with E-state index in [1.807, 2.05) is 24.3 Å². The van der Waals surface area contributed by atoms with Crippen LogP contribution in [0.25, 0.3) is 11.0 Å². The number of para-hydroxylation sites is 2. The van der Waals surface area contributed by atoms with Gasteiger partial charge in [0, 0.05) is 6.04 Å². The molecule has 4 heteroatoms. The largest absolute Gasteiger partial charge is 0.347 e. The minimum Gasteiger partial charge on any atom is -0.347 e. The van der Waals surface area contributed by atoms with Crippen LogP contribution in [0.4, 0.5) is 0 Å². The lowest BCUT2D eigenvalue weighted by atomic mass is 9.79. The predicted molar refractivity (Wildman–Crippen MR) is 83.2 cm³/mol. The smallest absolute Gasteiger partial charge is 0.271 e. The van der Waals surface area contributed by atoms with Crippen molar-refractivity contribution in [1.82, 2.24) is 15.3 Å². The maximum Gasteiger partial charge on any atom is 0.271 e. The van der Waals surface area contributed by atoms with Crippen LogP contribution in [0.5, 0.6) is 0 Å². The molecule has 4 aliphatic rings. The highest BCUT2D eigenvalue weighted by Gasteiger charge is 2.54. The highest BCUT2D eigenvalue weighted by Crippen LogP contribution is 2.58. The van der Waals surface area contributed by atoms with E-state index in [0.717, 1.165) is 22.9 Å². The first-order valence-corrected chi connectivity index (χ1v) is 8.30. The molecular weight excluding hydrogens is 274 g/mol. The van der Waals surface area contributed by atoms with E-state index in [1.165, 1.54) is 25.7 Å². The fourth-order valence-corrected chi connectivity index (χ4v) is 5.25.